The Morgan fingerprint density at radius 1 is 0.289 bits per heavy atom. The van der Waals surface area contributed by atoms with Crippen molar-refractivity contribution in [3.05, 3.63) is 146 Å². The fraction of sp³-hybridized carbons (Fsp3) is 0.600. The minimum absolute atomic E-state index is 0.0283. The van der Waals surface area contributed by atoms with E-state index < -0.39 is 42.6 Å². The summed E-state index contributed by atoms with van der Waals surface area (Å²) in [5.41, 5.74) is -1.91. The van der Waals surface area contributed by atoms with Gasteiger partial charge in [-0.1, -0.05) is 64.4 Å². The van der Waals surface area contributed by atoms with Crippen molar-refractivity contribution < 1.29 is 126 Å². The zero-order valence-corrected chi connectivity index (χ0v) is 81.7. The predicted octanol–water partition coefficient (Wildman–Crippen LogP) is 13.3. The SMILES string of the molecule is O=C(COc1ccc(Cl)cc1)NC12CC(NC(=O)COC3CC(C(F)(F)F)C3)(C1)C2.O=C(COc1ccc(Cl)cc1)NC12CC(NC(=O)COC3CC(C(F)F)C3)(C1)C2.O=C(COc1ccc(Cl)cc1)NC12CC(NC(=O)COC3CC(F)(F)C3)(C1)C2.O=C(COc1ccc(Cl)cc1)NC12CC(NC(=O)COC3CC4(CCC4)C3)(C1)C2.O=C(COc1ccc(Cl)cc1)NC12CC(NC(=O)COC3CCC3)(C1)C2. The second kappa shape index (κ2) is 41.8. The highest BCUT2D eigenvalue weighted by molar-refractivity contribution is 6.31. The minimum atomic E-state index is -4.19. The van der Waals surface area contributed by atoms with Crippen LogP contribution in [0.2, 0.25) is 25.1 Å². The predicted molar refractivity (Wildman–Crippen MR) is 502 cm³/mol. The quantitative estimate of drug-likeness (QED) is 0.0162. The fourth-order valence-corrected chi connectivity index (χ4v) is 23.9. The Hall–Kier alpha value is -9.44. The zero-order chi connectivity index (χ0) is 101. The molecule has 21 aliphatic carbocycles. The molecule has 21 saturated carbocycles. The molecule has 10 N–H and O–H groups in total. The Morgan fingerprint density at radius 2 is 0.493 bits per heavy atom. The largest absolute Gasteiger partial charge is 0.484 e. The van der Waals surface area contributed by atoms with Gasteiger partial charge in [-0.25, -0.2) is 17.6 Å². The summed E-state index contributed by atoms with van der Waals surface area (Å²) in [5.74, 6) is -3.61. The molecule has 10 bridgehead atoms. The van der Waals surface area contributed by atoms with Gasteiger partial charge in [0, 0.05) is 99.3 Å². The Bertz CT molecular complexity index is 5340. The third kappa shape index (κ3) is 26.0. The number of amides is 10. The van der Waals surface area contributed by atoms with Crippen LogP contribution in [0, 0.1) is 17.3 Å². The maximum absolute atomic E-state index is 12.7. The molecule has 21 fully saturated rings. The van der Waals surface area contributed by atoms with Crippen molar-refractivity contribution in [2.75, 3.05) is 66.1 Å². The van der Waals surface area contributed by atoms with E-state index in [1.54, 1.807) is 121 Å². The highest BCUT2D eigenvalue weighted by atomic mass is 35.5. The third-order valence-corrected chi connectivity index (χ3v) is 31.5. The standard InChI is InChI=1S/C22H27ClN2O4.C20H22ClF3N2O4.C20H23ClF2N2O4.C19H21ClF2N2O4.C19H23ClN2O4/c23-15-2-4-16(5-3-15)28-10-18(26)24-21-12-22(13-21,14-21)25-19(27)11-29-17-8-20(9-17)6-1-7-20;21-13-1-3-14(4-2-13)29-7-16(27)25-18-9-19(10-18,11-18)26-17(28)8-30-15-5-12(6-15)20(22,23)24;21-13-1-3-14(4-2-13)28-7-16(26)24-19-9-20(10-19,11-19)25-17(27)8-29-15-5-12(6-15)18(22)23;20-12-1-3-13(4-2-12)27-7-15(25)23-17-9-18(10-17,11-17)24-16(26)8-28-14-5-19(21,22)6-14;20-13-4-6-15(7-5-13)26-9-17(24)22-19-10-18(11-19,12-19)21-16(23)8-25-14-2-1-3-14/h2-5,17H,1,6-14H2,(H,24,26)(H,25,27);1-4,12,15H,5-11H2,(H,25,27)(H,26,28);1-4,12,15,18H,5-11H2,(H,24,26)(H,25,27);1-4,14H,5-11H2,(H,23,25)(H,24,26);4-7,14H,1-3,8-12H2,(H,21,23)(H,22,24). The molecule has 142 heavy (non-hydrogen) atoms. The molecule has 42 heteroatoms. The summed E-state index contributed by atoms with van der Waals surface area (Å²) in [4.78, 5) is 121. The van der Waals surface area contributed by atoms with Crippen LogP contribution in [0.15, 0.2) is 121 Å². The van der Waals surface area contributed by atoms with Crippen LogP contribution in [0.4, 0.5) is 30.7 Å². The van der Waals surface area contributed by atoms with Gasteiger partial charge in [0.05, 0.1) is 36.4 Å². The normalized spacial score (nSPS) is 31.0. The first kappa shape index (κ1) is 104. The van der Waals surface area contributed by atoms with Gasteiger partial charge in [0.15, 0.2) is 33.0 Å². The summed E-state index contributed by atoms with van der Waals surface area (Å²) >= 11 is 29.0. The maximum Gasteiger partial charge on any atom is 0.392 e. The molecule has 0 unspecified atom stereocenters. The molecular weight excluding hydrogens is 1970 g/mol. The molecule has 0 saturated heterocycles. The molecule has 770 valence electrons. The van der Waals surface area contributed by atoms with E-state index in [0.717, 1.165) is 64.2 Å². The smallest absolute Gasteiger partial charge is 0.392 e. The number of hydrogen-bond donors (Lipinski definition) is 10. The average molecular weight is 2090 g/mol. The first-order chi connectivity index (χ1) is 67.3. The Labute approximate surface area is 840 Å². The number of carbonyl (C=O) groups excluding carboxylic acids is 10. The Kier molecular flexibility index (Phi) is 30.6. The third-order valence-electron chi connectivity index (χ3n) is 30.3. The van der Waals surface area contributed by atoms with Crippen molar-refractivity contribution >= 4 is 117 Å². The molecule has 30 nitrogen and oxygen atoms in total. The van der Waals surface area contributed by atoms with Crippen molar-refractivity contribution in [2.45, 2.75) is 291 Å². The number of nitrogens with one attached hydrogen (secondary N) is 10. The number of rotatable bonds is 41. The number of hydrogen-bond acceptors (Lipinski definition) is 20. The molecule has 26 rings (SSSR count). The Morgan fingerprint density at radius 3 is 0.683 bits per heavy atom. The number of carbonyl (C=O) groups is 10. The summed E-state index contributed by atoms with van der Waals surface area (Å²) in [6, 6.07) is 34.0. The zero-order valence-electron chi connectivity index (χ0n) is 77.9. The lowest BCUT2D eigenvalue weighted by Crippen LogP contribution is -2.84. The van der Waals surface area contributed by atoms with Crippen LogP contribution in [0.1, 0.15) is 186 Å². The van der Waals surface area contributed by atoms with Gasteiger partial charge >= 0.3 is 6.18 Å². The summed E-state index contributed by atoms with van der Waals surface area (Å²) in [7, 11) is 0. The molecule has 0 atom stereocenters. The summed E-state index contributed by atoms with van der Waals surface area (Å²) in [5, 5.41) is 32.9. The number of ether oxygens (including phenoxy) is 10. The van der Waals surface area contributed by atoms with Crippen molar-refractivity contribution in [3.63, 3.8) is 0 Å². The fourth-order valence-electron chi connectivity index (χ4n) is 23.2. The molecule has 0 aromatic heterocycles. The molecule has 1 spiro atoms. The molecular formula is C100H116Cl5F7N10O20. The summed E-state index contributed by atoms with van der Waals surface area (Å²) < 4.78 is 142. The van der Waals surface area contributed by atoms with Gasteiger partial charge in [0.25, 0.3) is 35.5 Å². The van der Waals surface area contributed by atoms with E-state index in [1.807, 2.05) is 0 Å². The van der Waals surface area contributed by atoms with Gasteiger partial charge in [-0.15, -0.1) is 0 Å². The maximum atomic E-state index is 12.7. The highest BCUT2D eigenvalue weighted by Crippen LogP contribution is 2.65. The molecule has 21 aliphatic rings. The first-order valence-electron chi connectivity index (χ1n) is 48.2. The lowest BCUT2D eigenvalue weighted by molar-refractivity contribution is -0.220. The van der Waals surface area contributed by atoms with Gasteiger partial charge in [-0.05, 0) is 294 Å². The van der Waals surface area contributed by atoms with Gasteiger partial charge in [-0.2, -0.15) is 13.2 Å². The highest BCUT2D eigenvalue weighted by Gasteiger charge is 2.73. The van der Waals surface area contributed by atoms with Gasteiger partial charge in [0.2, 0.25) is 36.0 Å². The van der Waals surface area contributed by atoms with Crippen molar-refractivity contribution in [3.8, 4) is 28.7 Å². The second-order valence-electron chi connectivity index (χ2n) is 42.5. The number of benzene rings is 5. The van der Waals surface area contributed by atoms with Crippen LogP contribution in [-0.4, -0.2) is 230 Å². The van der Waals surface area contributed by atoms with Crippen LogP contribution in [0.25, 0.3) is 0 Å². The van der Waals surface area contributed by atoms with E-state index in [4.69, 9.17) is 105 Å². The van der Waals surface area contributed by atoms with Gasteiger partial charge < -0.3 is 101 Å². The van der Waals surface area contributed by atoms with Crippen LogP contribution < -0.4 is 76.9 Å². The lowest BCUT2D eigenvalue weighted by atomic mass is 9.44. The van der Waals surface area contributed by atoms with Crippen LogP contribution in [0.3, 0.4) is 0 Å². The van der Waals surface area contributed by atoms with Gasteiger partial charge in [-0.3, -0.25) is 47.9 Å². The number of halogens is 12. The van der Waals surface area contributed by atoms with Crippen LogP contribution in [-0.2, 0) is 71.6 Å². The molecule has 5 aromatic carbocycles. The molecule has 0 aliphatic heterocycles. The summed E-state index contributed by atoms with van der Waals surface area (Å²) in [6.45, 7) is -0.634. The topological polar surface area (TPSA) is 383 Å². The minimum Gasteiger partial charge on any atom is -0.484 e. The summed E-state index contributed by atoms with van der Waals surface area (Å²) in [6.07, 6.45) is 12.6. The Balaban J connectivity index is 0.000000122. The average Bonchev–Trinajstić information content (AvgIpc) is 0.697. The molecule has 0 heterocycles. The molecule has 0 radical (unpaired) electrons. The van der Waals surface area contributed by atoms with Crippen molar-refractivity contribution in [1.29, 1.82) is 0 Å². The van der Waals surface area contributed by atoms with Crippen molar-refractivity contribution in [1.82, 2.24) is 53.2 Å². The van der Waals surface area contributed by atoms with Crippen molar-refractivity contribution in [2.24, 2.45) is 17.3 Å². The van der Waals surface area contributed by atoms with Gasteiger partial charge in [0.1, 0.15) is 61.8 Å². The van der Waals surface area contributed by atoms with E-state index in [2.05, 4.69) is 53.2 Å². The van der Waals surface area contributed by atoms with E-state index in [9.17, 15) is 78.7 Å². The van der Waals surface area contributed by atoms with E-state index in [1.165, 1.54) is 25.7 Å². The number of alkyl halides is 7. The van der Waals surface area contributed by atoms with E-state index in [-0.39, 0.29) is 225 Å². The lowest BCUT2D eigenvalue weighted by Gasteiger charge is -2.70. The van der Waals surface area contributed by atoms with E-state index >= 15 is 0 Å². The van der Waals surface area contributed by atoms with Crippen LogP contribution in [0.5, 0.6) is 28.7 Å². The molecule has 10 amide bonds. The van der Waals surface area contributed by atoms with E-state index in [0.29, 0.717) is 130 Å². The molecule has 5 aromatic rings. The second-order valence-corrected chi connectivity index (χ2v) is 44.7. The monoisotopic (exact) mass is 2080 g/mol. The van der Waals surface area contributed by atoms with Crippen LogP contribution >= 0.6 is 58.0 Å². The first-order valence-corrected chi connectivity index (χ1v) is 50.1.